The maximum Gasteiger partial charge on any atom is 0.416 e. The largest absolute Gasteiger partial charge is 0.491 e. The van der Waals surface area contributed by atoms with Gasteiger partial charge in [0.25, 0.3) is 0 Å². The molecule has 0 unspecified atom stereocenters. The quantitative estimate of drug-likeness (QED) is 0.827. The average molecular weight is 245 g/mol. The zero-order chi connectivity index (χ0) is 12.5. The van der Waals surface area contributed by atoms with E-state index in [9.17, 15) is 13.2 Å². The van der Waals surface area contributed by atoms with Gasteiger partial charge in [0.05, 0.1) is 17.9 Å². The Morgan fingerprint density at radius 1 is 1.29 bits per heavy atom. The number of nitrogen functional groups attached to an aromatic ring is 1. The molecule has 0 bridgehead atoms. The summed E-state index contributed by atoms with van der Waals surface area (Å²) in [7, 11) is 0. The van der Waals surface area contributed by atoms with Crippen LogP contribution in [-0.4, -0.2) is 6.61 Å². The molecule has 1 aliphatic carbocycles. The zero-order valence-corrected chi connectivity index (χ0v) is 9.26. The van der Waals surface area contributed by atoms with Crippen LogP contribution in [0.25, 0.3) is 0 Å². The number of alkyl halides is 3. The van der Waals surface area contributed by atoms with E-state index in [1.54, 1.807) is 0 Å². The van der Waals surface area contributed by atoms with Gasteiger partial charge in [-0.15, -0.1) is 0 Å². The Bertz CT molecular complexity index is 399. The maximum absolute atomic E-state index is 12.4. The Labute approximate surface area is 97.6 Å². The number of hydrogen-bond acceptors (Lipinski definition) is 2. The fourth-order valence-electron chi connectivity index (χ4n) is 1.72. The van der Waals surface area contributed by atoms with E-state index in [0.29, 0.717) is 18.3 Å². The first-order chi connectivity index (χ1) is 7.97. The summed E-state index contributed by atoms with van der Waals surface area (Å²) in [5.41, 5.74) is 4.84. The smallest absolute Gasteiger partial charge is 0.416 e. The Hall–Kier alpha value is -1.39. The van der Waals surface area contributed by atoms with Gasteiger partial charge in [-0.1, -0.05) is 6.42 Å². The first-order valence-electron chi connectivity index (χ1n) is 5.56. The lowest BCUT2D eigenvalue weighted by atomic mass is 9.86. The molecule has 1 aromatic carbocycles. The second kappa shape index (κ2) is 4.47. The monoisotopic (exact) mass is 245 g/mol. The van der Waals surface area contributed by atoms with Crippen LogP contribution in [0, 0.1) is 5.92 Å². The fourth-order valence-corrected chi connectivity index (χ4v) is 1.72. The van der Waals surface area contributed by atoms with Gasteiger partial charge in [-0.3, -0.25) is 0 Å². The average Bonchev–Trinajstić information content (AvgIpc) is 2.16. The topological polar surface area (TPSA) is 35.2 Å². The summed E-state index contributed by atoms with van der Waals surface area (Å²) in [5, 5.41) is 0. The summed E-state index contributed by atoms with van der Waals surface area (Å²) in [4.78, 5) is 0. The zero-order valence-electron chi connectivity index (χ0n) is 9.26. The van der Waals surface area contributed by atoms with E-state index in [1.165, 1.54) is 12.5 Å². The third kappa shape index (κ3) is 2.84. The first-order valence-corrected chi connectivity index (χ1v) is 5.56. The van der Waals surface area contributed by atoms with Crippen LogP contribution >= 0.6 is 0 Å². The molecule has 5 heteroatoms. The minimum atomic E-state index is -4.36. The Morgan fingerprint density at radius 3 is 2.47 bits per heavy atom. The summed E-state index contributed by atoms with van der Waals surface area (Å²) in [6.07, 6.45) is -0.905. The molecule has 2 N–H and O–H groups in total. The molecular weight excluding hydrogens is 231 g/mol. The van der Waals surface area contributed by atoms with Crippen LogP contribution < -0.4 is 10.5 Å². The summed E-state index contributed by atoms with van der Waals surface area (Å²) < 4.78 is 42.6. The molecule has 0 aromatic heterocycles. The molecule has 0 radical (unpaired) electrons. The van der Waals surface area contributed by atoms with Crippen LogP contribution in [0.15, 0.2) is 18.2 Å². The number of halogens is 3. The third-order valence-electron chi connectivity index (χ3n) is 3.04. The number of rotatable bonds is 3. The van der Waals surface area contributed by atoms with Crippen LogP contribution in [0.4, 0.5) is 18.9 Å². The molecule has 94 valence electrons. The van der Waals surface area contributed by atoms with Gasteiger partial charge < -0.3 is 10.5 Å². The van der Waals surface area contributed by atoms with Crippen molar-refractivity contribution in [1.29, 1.82) is 0 Å². The lowest BCUT2D eigenvalue weighted by molar-refractivity contribution is -0.137. The molecule has 0 spiro atoms. The molecule has 2 rings (SSSR count). The minimum Gasteiger partial charge on any atom is -0.491 e. The molecule has 1 aliphatic rings. The maximum atomic E-state index is 12.4. The van der Waals surface area contributed by atoms with E-state index in [4.69, 9.17) is 10.5 Å². The van der Waals surface area contributed by atoms with Crippen LogP contribution in [0.5, 0.6) is 5.75 Å². The number of ether oxygens (including phenoxy) is 1. The highest BCUT2D eigenvalue weighted by atomic mass is 19.4. The summed E-state index contributed by atoms with van der Waals surface area (Å²) in [6, 6.07) is 3.19. The van der Waals surface area contributed by atoms with Gasteiger partial charge in [0.1, 0.15) is 5.75 Å². The minimum absolute atomic E-state index is 0.0409. The van der Waals surface area contributed by atoms with Crippen LogP contribution in [-0.2, 0) is 6.18 Å². The molecule has 0 heterocycles. The molecule has 0 atom stereocenters. The molecule has 1 fully saturated rings. The predicted octanol–water partition coefficient (Wildman–Crippen LogP) is 3.47. The number of benzene rings is 1. The summed E-state index contributed by atoms with van der Waals surface area (Å²) >= 11 is 0. The van der Waals surface area contributed by atoms with Gasteiger partial charge in [-0.05, 0) is 37.0 Å². The molecule has 2 nitrogen and oxygen atoms in total. The summed E-state index contributed by atoms with van der Waals surface area (Å²) in [6.45, 7) is 0.537. The number of anilines is 1. The first kappa shape index (κ1) is 12.1. The lowest BCUT2D eigenvalue weighted by Gasteiger charge is -2.25. The Morgan fingerprint density at radius 2 is 2.00 bits per heavy atom. The van der Waals surface area contributed by atoms with Crippen molar-refractivity contribution in [3.05, 3.63) is 23.8 Å². The molecule has 1 aromatic rings. The second-order valence-corrected chi connectivity index (χ2v) is 4.36. The normalized spacial score (nSPS) is 16.6. The van der Waals surface area contributed by atoms with E-state index in [0.717, 1.165) is 25.0 Å². The van der Waals surface area contributed by atoms with E-state index in [2.05, 4.69) is 0 Å². The third-order valence-corrected chi connectivity index (χ3v) is 3.04. The van der Waals surface area contributed by atoms with E-state index < -0.39 is 11.7 Å². The number of hydrogen-bond donors (Lipinski definition) is 1. The van der Waals surface area contributed by atoms with Crippen molar-refractivity contribution in [1.82, 2.24) is 0 Å². The van der Waals surface area contributed by atoms with Crippen molar-refractivity contribution in [2.75, 3.05) is 12.3 Å². The predicted molar refractivity (Wildman–Crippen MR) is 58.7 cm³/mol. The second-order valence-electron chi connectivity index (χ2n) is 4.36. The van der Waals surface area contributed by atoms with E-state index in [1.807, 2.05) is 0 Å². The van der Waals surface area contributed by atoms with E-state index >= 15 is 0 Å². The van der Waals surface area contributed by atoms with Gasteiger partial charge in [0, 0.05) is 0 Å². The van der Waals surface area contributed by atoms with Gasteiger partial charge >= 0.3 is 6.18 Å². The Balaban J connectivity index is 2.03. The molecular formula is C12H14F3NO. The van der Waals surface area contributed by atoms with Crippen LogP contribution in [0.3, 0.4) is 0 Å². The highest BCUT2D eigenvalue weighted by Gasteiger charge is 2.31. The molecule has 0 saturated heterocycles. The van der Waals surface area contributed by atoms with Gasteiger partial charge in [0.2, 0.25) is 0 Å². The fraction of sp³-hybridized carbons (Fsp3) is 0.500. The lowest BCUT2D eigenvalue weighted by Crippen LogP contribution is -2.19. The standard InChI is InChI=1S/C12H14F3NO/c13-12(14,15)9-4-5-11(10(16)6-9)17-7-8-2-1-3-8/h4-6,8H,1-3,7,16H2. The highest BCUT2D eigenvalue weighted by molar-refractivity contribution is 5.54. The molecule has 1 saturated carbocycles. The van der Waals surface area contributed by atoms with Crippen LogP contribution in [0.2, 0.25) is 0 Å². The van der Waals surface area contributed by atoms with Crippen molar-refractivity contribution in [3.63, 3.8) is 0 Å². The van der Waals surface area contributed by atoms with Crippen LogP contribution in [0.1, 0.15) is 24.8 Å². The summed E-state index contributed by atoms with van der Waals surface area (Å²) in [5.74, 6) is 0.863. The SMILES string of the molecule is Nc1cc(C(F)(F)F)ccc1OCC1CCC1. The molecule has 0 aliphatic heterocycles. The van der Waals surface area contributed by atoms with E-state index in [-0.39, 0.29) is 5.69 Å². The van der Waals surface area contributed by atoms with Gasteiger partial charge in [-0.25, -0.2) is 0 Å². The highest BCUT2D eigenvalue weighted by Crippen LogP contribution is 2.34. The van der Waals surface area contributed by atoms with Gasteiger partial charge in [-0.2, -0.15) is 13.2 Å². The van der Waals surface area contributed by atoms with Gasteiger partial charge in [0.15, 0.2) is 0 Å². The number of nitrogens with two attached hydrogens (primary N) is 1. The molecule has 17 heavy (non-hydrogen) atoms. The van der Waals surface area contributed by atoms with Crippen molar-refractivity contribution in [2.24, 2.45) is 5.92 Å². The Kier molecular flexibility index (Phi) is 3.17. The van der Waals surface area contributed by atoms with Crippen molar-refractivity contribution < 1.29 is 17.9 Å². The van der Waals surface area contributed by atoms with Crippen molar-refractivity contribution in [2.45, 2.75) is 25.4 Å². The van der Waals surface area contributed by atoms with Crippen molar-refractivity contribution >= 4 is 5.69 Å². The molecule has 0 amide bonds. The van der Waals surface area contributed by atoms with Crippen molar-refractivity contribution in [3.8, 4) is 5.75 Å².